The highest BCUT2D eigenvalue weighted by Gasteiger charge is 2.26. The summed E-state index contributed by atoms with van der Waals surface area (Å²) in [5, 5.41) is 0. The van der Waals surface area contributed by atoms with Crippen LogP contribution in [0.5, 0.6) is 0 Å². The lowest BCUT2D eigenvalue weighted by Gasteiger charge is -2.12. The normalized spacial score (nSPS) is 11.5. The maximum Gasteiger partial charge on any atom is 0.337 e. The summed E-state index contributed by atoms with van der Waals surface area (Å²) in [5.41, 5.74) is 1.66. The van der Waals surface area contributed by atoms with Gasteiger partial charge in [0.2, 0.25) is 0 Å². The van der Waals surface area contributed by atoms with Gasteiger partial charge in [-0.15, -0.1) is 0 Å². The molecule has 0 unspecified atom stereocenters. The molecule has 0 saturated heterocycles. The third-order valence-electron chi connectivity index (χ3n) is 2.68. The second kappa shape index (κ2) is 6.83. The van der Waals surface area contributed by atoms with Gasteiger partial charge in [-0.1, -0.05) is 31.5 Å². The molecule has 0 heterocycles. The Morgan fingerprint density at radius 1 is 1.28 bits per heavy atom. The third kappa shape index (κ3) is 4.05. The molecule has 1 aromatic carbocycles. The van der Waals surface area contributed by atoms with Crippen LogP contribution in [-0.4, -0.2) is 26.2 Å². The van der Waals surface area contributed by atoms with Crippen LogP contribution in [0.4, 0.5) is 0 Å². The van der Waals surface area contributed by atoms with Gasteiger partial charge in [0.25, 0.3) is 0 Å². The van der Waals surface area contributed by atoms with Crippen molar-refractivity contribution >= 4 is 13.4 Å². The molecular weight excluding hydrogens is 251 g/mol. The first-order valence-electron chi connectivity index (χ1n) is 5.87. The van der Waals surface area contributed by atoms with Gasteiger partial charge in [0.05, 0.1) is 0 Å². The Kier molecular flexibility index (Phi) is 5.73. The molecule has 0 N–H and O–H groups in total. The van der Waals surface area contributed by atoms with Gasteiger partial charge in [-0.3, -0.25) is 9.36 Å². The van der Waals surface area contributed by atoms with Crippen LogP contribution >= 0.6 is 7.60 Å². The highest BCUT2D eigenvalue weighted by molar-refractivity contribution is 7.54. The standard InChI is InChI=1S/C13H19O4P/c1-4-6-11-7-5-8-12(9-11)13(14)10-18(15,16-2)17-3/h5,7-9H,4,6,10H2,1-3H3. The van der Waals surface area contributed by atoms with Crippen LogP contribution in [0.2, 0.25) is 0 Å². The average molecular weight is 270 g/mol. The van der Waals surface area contributed by atoms with Crippen LogP contribution in [0.3, 0.4) is 0 Å². The quantitative estimate of drug-likeness (QED) is 0.563. The highest BCUT2D eigenvalue weighted by atomic mass is 31.2. The zero-order valence-corrected chi connectivity index (χ0v) is 11.9. The summed E-state index contributed by atoms with van der Waals surface area (Å²) in [6.45, 7) is 2.08. The Morgan fingerprint density at radius 2 is 1.94 bits per heavy atom. The lowest BCUT2D eigenvalue weighted by molar-refractivity contribution is 0.101. The SMILES string of the molecule is CCCc1cccc(C(=O)CP(=O)(OC)OC)c1. The molecule has 100 valence electrons. The van der Waals surface area contributed by atoms with E-state index in [-0.39, 0.29) is 11.9 Å². The van der Waals surface area contributed by atoms with Crippen molar-refractivity contribution in [2.75, 3.05) is 20.4 Å². The van der Waals surface area contributed by atoms with Crippen LogP contribution in [-0.2, 0) is 20.0 Å². The molecule has 0 fully saturated rings. The summed E-state index contributed by atoms with van der Waals surface area (Å²) in [6.07, 6.45) is 1.72. The van der Waals surface area contributed by atoms with E-state index in [4.69, 9.17) is 9.05 Å². The fraction of sp³-hybridized carbons (Fsp3) is 0.462. The van der Waals surface area contributed by atoms with Crippen LogP contribution in [0, 0.1) is 0 Å². The summed E-state index contributed by atoms with van der Waals surface area (Å²) in [5.74, 6) is -0.222. The van der Waals surface area contributed by atoms with Crippen molar-refractivity contribution in [2.45, 2.75) is 19.8 Å². The van der Waals surface area contributed by atoms with Crippen molar-refractivity contribution in [3.05, 3.63) is 35.4 Å². The summed E-state index contributed by atoms with van der Waals surface area (Å²) >= 11 is 0. The molecule has 0 saturated carbocycles. The predicted molar refractivity (Wildman–Crippen MR) is 71.3 cm³/mol. The molecule has 4 nitrogen and oxygen atoms in total. The molecular formula is C13H19O4P. The zero-order chi connectivity index (χ0) is 13.6. The first-order chi connectivity index (χ1) is 8.54. The Labute approximate surface area is 108 Å². The van der Waals surface area contributed by atoms with Gasteiger partial charge < -0.3 is 9.05 Å². The van der Waals surface area contributed by atoms with Crippen molar-refractivity contribution in [1.82, 2.24) is 0 Å². The molecule has 1 rings (SSSR count). The van der Waals surface area contributed by atoms with Gasteiger partial charge >= 0.3 is 7.60 Å². The number of carbonyl (C=O) groups is 1. The van der Waals surface area contributed by atoms with Crippen molar-refractivity contribution < 1.29 is 18.4 Å². The molecule has 0 radical (unpaired) electrons. The molecule has 0 aliphatic rings. The lowest BCUT2D eigenvalue weighted by atomic mass is 10.1. The van der Waals surface area contributed by atoms with E-state index >= 15 is 0 Å². The first kappa shape index (κ1) is 15.1. The number of ketones is 1. The molecule has 0 aliphatic carbocycles. The number of hydrogen-bond donors (Lipinski definition) is 0. The van der Waals surface area contributed by atoms with E-state index in [1.54, 1.807) is 6.07 Å². The number of aryl methyl sites for hydroxylation is 1. The fourth-order valence-electron chi connectivity index (χ4n) is 1.66. The van der Waals surface area contributed by atoms with Crippen LogP contribution < -0.4 is 0 Å². The number of rotatable bonds is 7. The topological polar surface area (TPSA) is 52.6 Å². The number of carbonyl (C=O) groups excluding carboxylic acids is 1. The van der Waals surface area contributed by atoms with E-state index in [1.807, 2.05) is 18.2 Å². The highest BCUT2D eigenvalue weighted by Crippen LogP contribution is 2.46. The molecule has 1 aromatic rings. The fourth-order valence-corrected chi connectivity index (χ4v) is 2.60. The third-order valence-corrected chi connectivity index (χ3v) is 4.47. The average Bonchev–Trinajstić information content (AvgIpc) is 2.39. The van der Waals surface area contributed by atoms with Gasteiger partial charge in [0.1, 0.15) is 6.16 Å². The van der Waals surface area contributed by atoms with Gasteiger partial charge in [-0.05, 0) is 18.1 Å². The van der Waals surface area contributed by atoms with E-state index in [0.29, 0.717) is 5.56 Å². The second-order valence-corrected chi connectivity index (χ2v) is 6.28. The molecule has 0 spiro atoms. The minimum absolute atomic E-state index is 0.222. The molecule has 5 heteroatoms. The number of benzene rings is 1. The minimum Gasteiger partial charge on any atom is -0.312 e. The van der Waals surface area contributed by atoms with E-state index in [2.05, 4.69) is 6.92 Å². The monoisotopic (exact) mass is 270 g/mol. The molecule has 0 aliphatic heterocycles. The van der Waals surface area contributed by atoms with Crippen molar-refractivity contribution in [3.63, 3.8) is 0 Å². The molecule has 0 amide bonds. The van der Waals surface area contributed by atoms with Gasteiger partial charge in [0, 0.05) is 19.8 Å². The van der Waals surface area contributed by atoms with Gasteiger partial charge in [-0.25, -0.2) is 0 Å². The summed E-state index contributed by atoms with van der Waals surface area (Å²) in [6, 6.07) is 7.37. The Bertz CT molecular complexity index is 448. The lowest BCUT2D eigenvalue weighted by Crippen LogP contribution is -2.08. The van der Waals surface area contributed by atoms with Gasteiger partial charge in [-0.2, -0.15) is 0 Å². The maximum atomic E-state index is 12.0. The summed E-state index contributed by atoms with van der Waals surface area (Å²) in [4.78, 5) is 12.0. The van der Waals surface area contributed by atoms with E-state index in [0.717, 1.165) is 18.4 Å². The molecule has 0 atom stereocenters. The van der Waals surface area contributed by atoms with Crippen molar-refractivity contribution in [1.29, 1.82) is 0 Å². The summed E-state index contributed by atoms with van der Waals surface area (Å²) < 4.78 is 21.4. The Hall–Kier alpha value is -0.960. The maximum absolute atomic E-state index is 12.0. The Morgan fingerprint density at radius 3 is 2.50 bits per heavy atom. The van der Waals surface area contributed by atoms with Crippen LogP contribution in [0.25, 0.3) is 0 Å². The number of Topliss-reactive ketones (excluding diaryl/α,β-unsaturated/α-hetero) is 1. The van der Waals surface area contributed by atoms with E-state index in [9.17, 15) is 9.36 Å². The molecule has 18 heavy (non-hydrogen) atoms. The van der Waals surface area contributed by atoms with Crippen LogP contribution in [0.1, 0.15) is 29.3 Å². The zero-order valence-electron chi connectivity index (χ0n) is 11.0. The molecule has 0 bridgehead atoms. The van der Waals surface area contributed by atoms with Crippen molar-refractivity contribution in [2.24, 2.45) is 0 Å². The molecule has 0 aromatic heterocycles. The smallest absolute Gasteiger partial charge is 0.312 e. The number of hydrogen-bond acceptors (Lipinski definition) is 4. The second-order valence-electron chi connectivity index (χ2n) is 4.01. The first-order valence-corrected chi connectivity index (χ1v) is 7.60. The Balaban J connectivity index is 2.84. The van der Waals surface area contributed by atoms with E-state index < -0.39 is 7.60 Å². The minimum atomic E-state index is -3.28. The van der Waals surface area contributed by atoms with E-state index in [1.165, 1.54) is 14.2 Å². The van der Waals surface area contributed by atoms with Crippen LogP contribution in [0.15, 0.2) is 24.3 Å². The predicted octanol–water partition coefficient (Wildman–Crippen LogP) is 3.31. The summed E-state index contributed by atoms with van der Waals surface area (Å²) in [7, 11) is -0.717. The van der Waals surface area contributed by atoms with Gasteiger partial charge in [0.15, 0.2) is 5.78 Å². The van der Waals surface area contributed by atoms with Crippen molar-refractivity contribution in [3.8, 4) is 0 Å². The largest absolute Gasteiger partial charge is 0.337 e.